The minimum atomic E-state index is -3.94. The average molecular weight is 579 g/mol. The van der Waals surface area contributed by atoms with E-state index in [-0.39, 0.29) is 4.90 Å². The van der Waals surface area contributed by atoms with Crippen LogP contribution in [-0.2, 0) is 10.0 Å². The van der Waals surface area contributed by atoms with Crippen molar-refractivity contribution >= 4 is 27.0 Å². The summed E-state index contributed by atoms with van der Waals surface area (Å²) in [4.78, 5) is 16.9. The minimum absolute atomic E-state index is 0.186. The Balaban J connectivity index is 1.52. The van der Waals surface area contributed by atoms with Gasteiger partial charge >= 0.3 is 0 Å². The molecule has 2 aromatic heterocycles. The van der Waals surface area contributed by atoms with Crippen LogP contribution >= 0.6 is 0 Å². The first-order chi connectivity index (χ1) is 20.1. The number of amides is 1. The summed E-state index contributed by atoms with van der Waals surface area (Å²) in [5.41, 5.74) is 13.7. The highest BCUT2D eigenvalue weighted by Crippen LogP contribution is 2.37. The number of nitrogens with two attached hydrogens (primary N) is 1. The van der Waals surface area contributed by atoms with E-state index in [1.807, 2.05) is 32.9 Å². The Bertz CT molecular complexity index is 1920. The molecule has 3 aromatic carbocycles. The zero-order valence-corrected chi connectivity index (χ0v) is 24.8. The molecule has 0 aliphatic carbocycles. The molecule has 1 amide bonds. The van der Waals surface area contributed by atoms with Crippen LogP contribution in [0.4, 0.5) is 0 Å². The molecule has 0 bridgehead atoms. The van der Waals surface area contributed by atoms with Crippen LogP contribution in [0.1, 0.15) is 57.9 Å². The molecule has 0 saturated carbocycles. The van der Waals surface area contributed by atoms with Crippen molar-refractivity contribution in [2.24, 2.45) is 5.73 Å². The lowest BCUT2D eigenvalue weighted by atomic mass is 9.92. The molecule has 1 aliphatic rings. The first-order valence-corrected chi connectivity index (χ1v) is 15.7. The lowest BCUT2D eigenvalue weighted by Gasteiger charge is -2.24. The Morgan fingerprint density at radius 1 is 0.905 bits per heavy atom. The van der Waals surface area contributed by atoms with Crippen LogP contribution in [0.5, 0.6) is 0 Å². The largest absolute Gasteiger partial charge is 0.366 e. The summed E-state index contributed by atoms with van der Waals surface area (Å²) in [5.74, 6) is -0.498. The van der Waals surface area contributed by atoms with Crippen molar-refractivity contribution in [3.05, 3.63) is 107 Å². The monoisotopic (exact) mass is 578 g/mol. The van der Waals surface area contributed by atoms with Crippen LogP contribution < -0.4 is 11.1 Å². The first-order valence-electron chi connectivity index (χ1n) is 14.2. The highest BCUT2D eigenvalue weighted by molar-refractivity contribution is 7.90. The van der Waals surface area contributed by atoms with Crippen LogP contribution in [0.2, 0.25) is 0 Å². The van der Waals surface area contributed by atoms with E-state index in [9.17, 15) is 13.2 Å². The first kappa shape index (κ1) is 27.9. The molecule has 8 heteroatoms. The molecule has 1 aliphatic heterocycles. The van der Waals surface area contributed by atoms with Gasteiger partial charge in [0.25, 0.3) is 10.0 Å². The second-order valence-corrected chi connectivity index (χ2v) is 13.0. The molecule has 1 atom stereocenters. The van der Waals surface area contributed by atoms with Crippen molar-refractivity contribution in [1.82, 2.24) is 14.3 Å². The molecule has 5 aromatic rings. The molecule has 1 unspecified atom stereocenters. The number of aromatic nitrogens is 2. The fourth-order valence-corrected chi connectivity index (χ4v) is 7.21. The number of carbonyl (C=O) groups is 1. The van der Waals surface area contributed by atoms with Crippen molar-refractivity contribution in [3.8, 4) is 22.3 Å². The molecule has 1 saturated heterocycles. The fourth-order valence-electron chi connectivity index (χ4n) is 5.88. The topological polar surface area (TPSA) is 107 Å². The summed E-state index contributed by atoms with van der Waals surface area (Å²) in [7, 11) is -3.94. The Morgan fingerprint density at radius 3 is 2.31 bits per heavy atom. The number of carbonyl (C=O) groups excluding carboxylic acids is 1. The number of rotatable bonds is 6. The van der Waals surface area contributed by atoms with E-state index in [0.717, 1.165) is 51.9 Å². The molecule has 7 nitrogen and oxygen atoms in total. The summed E-state index contributed by atoms with van der Waals surface area (Å²) in [5, 5.41) is 4.30. The predicted octanol–water partition coefficient (Wildman–Crippen LogP) is 6.45. The number of aryl methyl sites for hydroxylation is 1. The summed E-state index contributed by atoms with van der Waals surface area (Å²) < 4.78 is 29.1. The lowest BCUT2D eigenvalue weighted by molar-refractivity contribution is 0.0999. The standard InChI is InChI=1S/C34H34N4O3S/c1-21-7-13-27(14-8-21)42(40,41)38-20-31(28-15-16-29(33(35)39)23(3)22(28)2)30-18-26(19-37-34(30)38)24-9-11-25(12-10-24)32-6-4-5-17-36-32/h7-16,18-20,32,36H,4-6,17H2,1-3H3,(H2,35,39). The SMILES string of the molecule is Cc1ccc(S(=O)(=O)n2cc(-c3ccc(C(N)=O)c(C)c3C)c3cc(-c4ccc(C5CCCCN5)cc4)cnc32)cc1. The van der Waals surface area contributed by atoms with Crippen molar-refractivity contribution in [1.29, 1.82) is 0 Å². The Hall–Kier alpha value is -4.27. The third-order valence-electron chi connectivity index (χ3n) is 8.49. The van der Waals surface area contributed by atoms with Gasteiger partial charge in [-0.2, -0.15) is 0 Å². The maximum absolute atomic E-state index is 13.9. The Labute approximate surface area is 246 Å². The lowest BCUT2D eigenvalue weighted by Crippen LogP contribution is -2.26. The van der Waals surface area contributed by atoms with E-state index in [1.165, 1.54) is 22.4 Å². The highest BCUT2D eigenvalue weighted by Gasteiger charge is 2.25. The van der Waals surface area contributed by atoms with E-state index in [2.05, 4.69) is 29.6 Å². The molecular formula is C34H34N4O3S. The molecule has 0 radical (unpaired) electrons. The van der Waals surface area contributed by atoms with Crippen molar-refractivity contribution in [2.75, 3.05) is 6.54 Å². The molecule has 3 N–H and O–H groups in total. The van der Waals surface area contributed by atoms with Gasteiger partial charge in [-0.1, -0.05) is 54.4 Å². The maximum Gasteiger partial charge on any atom is 0.269 e. The molecule has 214 valence electrons. The number of pyridine rings is 1. The van der Waals surface area contributed by atoms with Crippen LogP contribution in [0.15, 0.2) is 84.0 Å². The predicted molar refractivity (Wildman–Crippen MR) is 167 cm³/mol. The number of nitrogens with zero attached hydrogens (tertiary/aromatic N) is 2. The van der Waals surface area contributed by atoms with Crippen LogP contribution in [0, 0.1) is 20.8 Å². The van der Waals surface area contributed by atoms with E-state index >= 15 is 0 Å². The smallest absolute Gasteiger partial charge is 0.269 e. The molecule has 3 heterocycles. The number of benzene rings is 3. The van der Waals surface area contributed by atoms with Crippen LogP contribution in [0.25, 0.3) is 33.3 Å². The third kappa shape index (κ3) is 4.91. The van der Waals surface area contributed by atoms with E-state index in [1.54, 1.807) is 42.7 Å². The summed E-state index contributed by atoms with van der Waals surface area (Å²) >= 11 is 0. The van der Waals surface area contributed by atoms with Crippen LogP contribution in [0.3, 0.4) is 0 Å². The van der Waals surface area contributed by atoms with Gasteiger partial charge in [0.15, 0.2) is 5.65 Å². The molecule has 6 rings (SSSR count). The number of hydrogen-bond donors (Lipinski definition) is 2. The van der Waals surface area contributed by atoms with E-state index in [4.69, 9.17) is 10.7 Å². The van der Waals surface area contributed by atoms with Gasteiger partial charge in [-0.15, -0.1) is 0 Å². The number of fused-ring (bicyclic) bond motifs is 1. The normalized spacial score (nSPS) is 15.6. The van der Waals surface area contributed by atoms with Gasteiger partial charge in [0.05, 0.1) is 4.90 Å². The minimum Gasteiger partial charge on any atom is -0.366 e. The van der Waals surface area contributed by atoms with Gasteiger partial charge in [-0.05, 0) is 92.2 Å². The number of hydrogen-bond acceptors (Lipinski definition) is 5. The summed E-state index contributed by atoms with van der Waals surface area (Å²) in [6.07, 6.45) is 6.94. The molecule has 42 heavy (non-hydrogen) atoms. The molecule has 1 fully saturated rings. The molecule has 0 spiro atoms. The average Bonchev–Trinajstić information content (AvgIpc) is 3.38. The zero-order valence-electron chi connectivity index (χ0n) is 24.0. The van der Waals surface area contributed by atoms with Gasteiger partial charge in [-0.25, -0.2) is 17.4 Å². The summed E-state index contributed by atoms with van der Waals surface area (Å²) in [6.45, 7) is 6.73. The number of piperidine rings is 1. The zero-order chi connectivity index (χ0) is 29.6. The summed E-state index contributed by atoms with van der Waals surface area (Å²) in [6, 6.07) is 21.2. The Kier molecular flexibility index (Phi) is 7.20. The van der Waals surface area contributed by atoms with Gasteiger partial charge in [0.2, 0.25) is 5.91 Å². The van der Waals surface area contributed by atoms with Crippen molar-refractivity contribution < 1.29 is 13.2 Å². The van der Waals surface area contributed by atoms with E-state index < -0.39 is 15.9 Å². The van der Waals surface area contributed by atoms with E-state index in [0.29, 0.717) is 22.6 Å². The second-order valence-electron chi connectivity index (χ2n) is 11.2. The molecular weight excluding hydrogens is 544 g/mol. The van der Waals surface area contributed by atoms with Crippen LogP contribution in [-0.4, -0.2) is 29.8 Å². The quantitative estimate of drug-likeness (QED) is 0.241. The van der Waals surface area contributed by atoms with Gasteiger partial charge in [-0.3, -0.25) is 4.79 Å². The number of nitrogens with one attached hydrogen (secondary N) is 1. The highest BCUT2D eigenvalue weighted by atomic mass is 32.2. The number of primary amides is 1. The van der Waals surface area contributed by atoms with Gasteiger partial charge in [0.1, 0.15) is 0 Å². The van der Waals surface area contributed by atoms with Crippen molar-refractivity contribution in [2.45, 2.75) is 51.0 Å². The van der Waals surface area contributed by atoms with Gasteiger partial charge in [0, 0.05) is 40.5 Å². The van der Waals surface area contributed by atoms with Gasteiger partial charge < -0.3 is 11.1 Å². The second kappa shape index (κ2) is 10.9. The fraction of sp³-hybridized carbons (Fsp3) is 0.235. The Morgan fingerprint density at radius 2 is 1.64 bits per heavy atom. The van der Waals surface area contributed by atoms with Crippen molar-refractivity contribution in [3.63, 3.8) is 0 Å². The third-order valence-corrected chi connectivity index (χ3v) is 10.2. The maximum atomic E-state index is 13.9.